The fourth-order valence-electron chi connectivity index (χ4n) is 4.66. The summed E-state index contributed by atoms with van der Waals surface area (Å²) in [5.41, 5.74) is 2.14. The molecule has 5 N–H and O–H groups in total. The number of amides is 3. The lowest BCUT2D eigenvalue weighted by Gasteiger charge is -2.10. The third-order valence-electron chi connectivity index (χ3n) is 7.05. The highest BCUT2D eigenvalue weighted by Gasteiger charge is 2.33. The van der Waals surface area contributed by atoms with Crippen LogP contribution in [0.4, 0.5) is 17.1 Å². The van der Waals surface area contributed by atoms with Gasteiger partial charge in [-0.15, -0.1) is 0 Å². The van der Waals surface area contributed by atoms with Gasteiger partial charge in [-0.2, -0.15) is 0 Å². The van der Waals surface area contributed by atoms with E-state index in [1.807, 2.05) is 18.2 Å². The molecule has 53 heavy (non-hydrogen) atoms. The molecule has 16 heteroatoms. The maximum Gasteiger partial charge on any atom is 0.344 e. The van der Waals surface area contributed by atoms with Crippen LogP contribution in [0.2, 0.25) is 0 Å². The van der Waals surface area contributed by atoms with E-state index in [-0.39, 0.29) is 61.4 Å². The summed E-state index contributed by atoms with van der Waals surface area (Å²) in [6, 6.07) is 18.3. The number of benzene rings is 3. The SMILES string of the molecule is CCOC(=O)C1=C(O)/C(=C/c2ccc(OCCOCCOCCOCCNC(=O)c3cc(NC=O)cc(NC=O)c3)c(O)c2)SC1=Nc1ccccc1. The number of aliphatic imine (C=N–C) groups is 1. The van der Waals surface area contributed by atoms with Crippen molar-refractivity contribution in [2.45, 2.75) is 6.92 Å². The van der Waals surface area contributed by atoms with Gasteiger partial charge in [0, 0.05) is 23.5 Å². The molecule has 0 saturated heterocycles. The number of hydrogen-bond acceptors (Lipinski definition) is 13. The number of nitrogens with one attached hydrogen (secondary N) is 3. The summed E-state index contributed by atoms with van der Waals surface area (Å²) >= 11 is 1.12. The topological polar surface area (TPSA) is 203 Å². The third kappa shape index (κ3) is 12.8. The standard InChI is InChI=1S/C37H40N4O11S/c1-2-51-37(47)33-34(45)32(53-36(33)41-27-6-4-3-5-7-27)19-25-8-9-31(30(44)18-25)52-17-16-50-15-14-49-13-12-48-11-10-38-35(46)26-20-28(39-23-42)22-29(21-26)40-24-43/h3-9,18-24,44-45H,2,10-17H2,1H3,(H,38,46)(H,39,42)(H,40,43)/b32-19-,41-36?. The molecule has 0 aromatic heterocycles. The van der Waals surface area contributed by atoms with Gasteiger partial charge in [0.05, 0.1) is 56.8 Å². The zero-order valence-corrected chi connectivity index (χ0v) is 29.7. The number of nitrogens with zero attached hydrogens (tertiary/aromatic N) is 1. The number of aliphatic hydroxyl groups is 1. The van der Waals surface area contributed by atoms with Crippen LogP contribution >= 0.6 is 11.8 Å². The van der Waals surface area contributed by atoms with E-state index in [1.54, 1.807) is 37.3 Å². The molecule has 0 unspecified atom stereocenters. The van der Waals surface area contributed by atoms with Gasteiger partial charge in [0.15, 0.2) is 11.5 Å². The second-order valence-electron chi connectivity index (χ2n) is 10.8. The number of rotatable bonds is 22. The summed E-state index contributed by atoms with van der Waals surface area (Å²) in [7, 11) is 0. The number of para-hydroxylation sites is 1. The van der Waals surface area contributed by atoms with Crippen molar-refractivity contribution in [3.8, 4) is 11.5 Å². The Balaban J connectivity index is 1.11. The number of esters is 1. The lowest BCUT2D eigenvalue weighted by Crippen LogP contribution is -2.27. The van der Waals surface area contributed by atoms with Crippen LogP contribution in [-0.4, -0.2) is 99.4 Å². The number of phenolic OH excluding ortho intramolecular Hbond substituents is 1. The van der Waals surface area contributed by atoms with Gasteiger partial charge in [-0.3, -0.25) is 14.4 Å². The monoisotopic (exact) mass is 748 g/mol. The van der Waals surface area contributed by atoms with Crippen LogP contribution in [0.1, 0.15) is 22.8 Å². The predicted octanol–water partition coefficient (Wildman–Crippen LogP) is 4.58. The molecule has 15 nitrogen and oxygen atoms in total. The van der Waals surface area contributed by atoms with Crippen molar-refractivity contribution >= 4 is 64.6 Å². The molecule has 0 aliphatic carbocycles. The van der Waals surface area contributed by atoms with E-state index in [2.05, 4.69) is 20.9 Å². The average molecular weight is 749 g/mol. The van der Waals surface area contributed by atoms with Crippen LogP contribution in [0.5, 0.6) is 11.5 Å². The smallest absolute Gasteiger partial charge is 0.344 e. The summed E-state index contributed by atoms with van der Waals surface area (Å²) < 4.78 is 27.2. The third-order valence-corrected chi connectivity index (χ3v) is 8.07. The van der Waals surface area contributed by atoms with Crippen LogP contribution < -0.4 is 20.7 Å². The van der Waals surface area contributed by atoms with Crippen LogP contribution in [0.15, 0.2) is 88.0 Å². The molecule has 3 amide bonds. The maximum atomic E-state index is 12.6. The number of aliphatic hydroxyl groups excluding tert-OH is 1. The molecule has 1 heterocycles. The van der Waals surface area contributed by atoms with Crippen molar-refractivity contribution in [3.05, 3.63) is 94.1 Å². The van der Waals surface area contributed by atoms with Gasteiger partial charge in [0.2, 0.25) is 12.8 Å². The minimum absolute atomic E-state index is 0.0193. The highest BCUT2D eigenvalue weighted by atomic mass is 32.2. The lowest BCUT2D eigenvalue weighted by atomic mass is 10.1. The van der Waals surface area contributed by atoms with Gasteiger partial charge >= 0.3 is 5.97 Å². The van der Waals surface area contributed by atoms with Crippen LogP contribution in [0.3, 0.4) is 0 Å². The fourth-order valence-corrected chi connectivity index (χ4v) is 5.70. The number of carbonyl (C=O) groups excluding carboxylic acids is 4. The number of phenols is 1. The Morgan fingerprint density at radius 2 is 1.45 bits per heavy atom. The lowest BCUT2D eigenvalue weighted by molar-refractivity contribution is -0.138. The van der Waals surface area contributed by atoms with Crippen molar-refractivity contribution < 1.29 is 53.1 Å². The summed E-state index contributed by atoms with van der Waals surface area (Å²) in [5.74, 6) is -1.19. The number of ether oxygens (including phenoxy) is 5. The van der Waals surface area contributed by atoms with Crippen LogP contribution in [-0.2, 0) is 33.3 Å². The van der Waals surface area contributed by atoms with Gasteiger partial charge < -0.3 is 49.8 Å². The molecule has 4 rings (SSSR count). The van der Waals surface area contributed by atoms with E-state index in [1.165, 1.54) is 24.3 Å². The average Bonchev–Trinajstić information content (AvgIpc) is 3.44. The van der Waals surface area contributed by atoms with E-state index < -0.39 is 11.9 Å². The van der Waals surface area contributed by atoms with Gasteiger partial charge in [0.1, 0.15) is 23.0 Å². The Hall–Kier alpha value is -5.68. The Morgan fingerprint density at radius 3 is 2.08 bits per heavy atom. The molecule has 0 fully saturated rings. The molecular formula is C37H40N4O11S. The highest BCUT2D eigenvalue weighted by molar-refractivity contribution is 8.18. The predicted molar refractivity (Wildman–Crippen MR) is 200 cm³/mol. The number of carbonyl (C=O) groups is 4. The normalized spacial score (nSPS) is 13.9. The first kappa shape index (κ1) is 40.1. The first-order chi connectivity index (χ1) is 25.8. The number of aromatic hydroxyl groups is 1. The Morgan fingerprint density at radius 1 is 0.811 bits per heavy atom. The molecule has 3 aromatic rings. The van der Waals surface area contributed by atoms with Crippen molar-refractivity contribution in [3.63, 3.8) is 0 Å². The molecule has 0 spiro atoms. The summed E-state index contributed by atoms with van der Waals surface area (Å²) in [6.07, 6.45) is 2.58. The molecule has 3 aromatic carbocycles. The van der Waals surface area contributed by atoms with Gasteiger partial charge in [-0.05, 0) is 61.0 Å². The second kappa shape index (κ2) is 21.6. The number of thioether (sulfide) groups is 1. The molecule has 0 radical (unpaired) electrons. The number of anilines is 2. The zero-order chi connectivity index (χ0) is 37.8. The molecular weight excluding hydrogens is 708 g/mol. The van der Waals surface area contributed by atoms with Crippen molar-refractivity contribution in [2.75, 3.05) is 70.0 Å². The Labute approximate surface area is 310 Å². The van der Waals surface area contributed by atoms with E-state index in [0.717, 1.165) is 11.8 Å². The quantitative estimate of drug-likeness (QED) is 0.0545. The summed E-state index contributed by atoms with van der Waals surface area (Å²) in [4.78, 5) is 51.4. The van der Waals surface area contributed by atoms with Crippen molar-refractivity contribution in [1.29, 1.82) is 0 Å². The molecule has 0 atom stereocenters. The largest absolute Gasteiger partial charge is 0.506 e. The maximum absolute atomic E-state index is 12.6. The van der Waals surface area contributed by atoms with E-state index in [9.17, 15) is 29.4 Å². The summed E-state index contributed by atoms with van der Waals surface area (Å²) in [5, 5.41) is 29.4. The van der Waals surface area contributed by atoms with Crippen LogP contribution in [0, 0.1) is 0 Å². The van der Waals surface area contributed by atoms with Crippen molar-refractivity contribution in [2.24, 2.45) is 4.99 Å². The zero-order valence-electron chi connectivity index (χ0n) is 28.9. The van der Waals surface area contributed by atoms with Crippen LogP contribution in [0.25, 0.3) is 6.08 Å². The molecule has 0 saturated carbocycles. The Kier molecular flexibility index (Phi) is 16.4. The van der Waals surface area contributed by atoms with Gasteiger partial charge in [-0.1, -0.05) is 36.0 Å². The minimum Gasteiger partial charge on any atom is -0.506 e. The molecule has 1 aliphatic heterocycles. The van der Waals surface area contributed by atoms with E-state index >= 15 is 0 Å². The minimum atomic E-state index is -0.679. The Bertz CT molecular complexity index is 1790. The molecule has 0 bridgehead atoms. The first-order valence-electron chi connectivity index (χ1n) is 16.5. The first-order valence-corrected chi connectivity index (χ1v) is 17.3. The second-order valence-corrected chi connectivity index (χ2v) is 11.8. The van der Waals surface area contributed by atoms with Gasteiger partial charge in [-0.25, -0.2) is 9.79 Å². The fraction of sp³-hybridized carbons (Fsp3) is 0.270. The number of hydrogen-bond donors (Lipinski definition) is 5. The highest BCUT2D eigenvalue weighted by Crippen LogP contribution is 2.41. The van der Waals surface area contributed by atoms with Crippen molar-refractivity contribution in [1.82, 2.24) is 5.32 Å². The van der Waals surface area contributed by atoms with E-state index in [0.29, 0.717) is 71.8 Å². The van der Waals surface area contributed by atoms with E-state index in [4.69, 9.17) is 23.7 Å². The molecule has 280 valence electrons. The molecule has 1 aliphatic rings. The van der Waals surface area contributed by atoms with Gasteiger partial charge in [0.25, 0.3) is 5.91 Å². The summed E-state index contributed by atoms with van der Waals surface area (Å²) in [6.45, 7) is 4.00.